The lowest BCUT2D eigenvalue weighted by Crippen LogP contribution is -1.98. The van der Waals surface area contributed by atoms with Gasteiger partial charge in [0.25, 0.3) is 8.68 Å². The quantitative estimate of drug-likeness (QED) is 0.384. The molecular formula is C12H26OSi. The van der Waals surface area contributed by atoms with Crippen molar-refractivity contribution in [1.82, 2.24) is 0 Å². The summed E-state index contributed by atoms with van der Waals surface area (Å²) in [6, 6.07) is 2.02. The lowest BCUT2D eigenvalue weighted by atomic mass is 10.2. The van der Waals surface area contributed by atoms with E-state index in [0.717, 1.165) is 12.1 Å². The molecule has 0 unspecified atom stereocenters. The minimum atomic E-state index is -1.20. The molecule has 1 nitrogen and oxygen atoms in total. The number of hydrogen-bond donors (Lipinski definition) is 0. The van der Waals surface area contributed by atoms with E-state index in [2.05, 4.69) is 13.8 Å². The van der Waals surface area contributed by atoms with Gasteiger partial charge in [0.15, 0.2) is 0 Å². The Kier molecular flexibility index (Phi) is 11.1. The Morgan fingerprint density at radius 2 is 1.14 bits per heavy atom. The minimum Gasteiger partial charge on any atom is -0.388 e. The summed E-state index contributed by atoms with van der Waals surface area (Å²) in [6.07, 6.45) is 10.1. The molecule has 0 saturated carbocycles. The van der Waals surface area contributed by atoms with Gasteiger partial charge in [-0.1, -0.05) is 52.4 Å². The first-order valence-corrected chi connectivity index (χ1v) is 8.15. The Bertz CT molecular complexity index is 120. The Labute approximate surface area is 91.0 Å². The molecule has 14 heavy (non-hydrogen) atoms. The number of unbranched alkanes of at least 4 members (excludes halogenated alkanes) is 6. The fourth-order valence-electron chi connectivity index (χ4n) is 1.62. The zero-order valence-electron chi connectivity index (χ0n) is 9.98. The minimum absolute atomic E-state index is 1.01. The molecule has 0 amide bonds. The van der Waals surface area contributed by atoms with Gasteiger partial charge < -0.3 is 4.46 Å². The highest BCUT2D eigenvalue weighted by Crippen LogP contribution is 2.09. The Morgan fingerprint density at radius 1 is 0.714 bits per heavy atom. The standard InChI is InChI=1S/C12H26OSi/c1-3-5-7-9-11-14(13)12-10-8-6-4-2/h3-12H2,1-2H3. The van der Waals surface area contributed by atoms with Crippen LogP contribution in [0.4, 0.5) is 0 Å². The second kappa shape index (κ2) is 11.1. The van der Waals surface area contributed by atoms with Crippen molar-refractivity contribution in [3.8, 4) is 0 Å². The van der Waals surface area contributed by atoms with Gasteiger partial charge in [-0.05, 0) is 24.9 Å². The predicted molar refractivity (Wildman–Crippen MR) is 64.3 cm³/mol. The van der Waals surface area contributed by atoms with E-state index in [0.29, 0.717) is 0 Å². The zero-order valence-corrected chi connectivity index (χ0v) is 11.0. The van der Waals surface area contributed by atoms with Crippen LogP contribution >= 0.6 is 0 Å². The zero-order chi connectivity index (χ0) is 10.6. The summed E-state index contributed by atoms with van der Waals surface area (Å²) in [5, 5.41) is 0. The molecule has 0 fully saturated rings. The maximum atomic E-state index is 11.6. The highest BCUT2D eigenvalue weighted by molar-refractivity contribution is 6.42. The molecule has 0 bridgehead atoms. The van der Waals surface area contributed by atoms with Gasteiger partial charge in [0.2, 0.25) is 0 Å². The average Bonchev–Trinajstić information content (AvgIpc) is 2.19. The van der Waals surface area contributed by atoms with Crippen molar-refractivity contribution in [1.29, 1.82) is 0 Å². The summed E-state index contributed by atoms with van der Waals surface area (Å²) < 4.78 is 11.6. The molecule has 0 atom stereocenters. The van der Waals surface area contributed by atoms with Crippen LogP contribution < -0.4 is 0 Å². The van der Waals surface area contributed by atoms with Crippen LogP contribution in [0.15, 0.2) is 0 Å². The maximum absolute atomic E-state index is 11.6. The van der Waals surface area contributed by atoms with Crippen LogP contribution in [0.2, 0.25) is 12.1 Å². The molecule has 0 aliphatic rings. The van der Waals surface area contributed by atoms with Crippen molar-refractivity contribution >= 4 is 8.68 Å². The number of rotatable bonds is 10. The van der Waals surface area contributed by atoms with Gasteiger partial charge in [0.05, 0.1) is 0 Å². The summed E-state index contributed by atoms with van der Waals surface area (Å²) in [6.45, 7) is 4.43. The van der Waals surface area contributed by atoms with Gasteiger partial charge in [0, 0.05) is 0 Å². The van der Waals surface area contributed by atoms with Gasteiger partial charge >= 0.3 is 0 Å². The third-order valence-corrected chi connectivity index (χ3v) is 4.44. The lowest BCUT2D eigenvalue weighted by Gasteiger charge is -1.99. The second-order valence-corrected chi connectivity index (χ2v) is 6.24. The predicted octanol–water partition coefficient (Wildman–Crippen LogP) is 4.57. The maximum Gasteiger partial charge on any atom is 0.276 e. The molecule has 0 aromatic heterocycles. The van der Waals surface area contributed by atoms with Crippen LogP contribution in [0.5, 0.6) is 0 Å². The van der Waals surface area contributed by atoms with Crippen LogP contribution in [0.3, 0.4) is 0 Å². The van der Waals surface area contributed by atoms with Gasteiger partial charge in [0.1, 0.15) is 0 Å². The first kappa shape index (κ1) is 14.0. The van der Waals surface area contributed by atoms with E-state index in [9.17, 15) is 4.46 Å². The van der Waals surface area contributed by atoms with Crippen molar-refractivity contribution in [3.05, 3.63) is 0 Å². The van der Waals surface area contributed by atoms with Gasteiger partial charge in [-0.15, -0.1) is 0 Å². The summed E-state index contributed by atoms with van der Waals surface area (Å²) in [7, 11) is -1.20. The molecule has 0 N–H and O–H groups in total. The van der Waals surface area contributed by atoms with E-state index in [4.69, 9.17) is 0 Å². The van der Waals surface area contributed by atoms with Crippen LogP contribution in [0, 0.1) is 0 Å². The average molecular weight is 214 g/mol. The van der Waals surface area contributed by atoms with E-state index in [1.165, 1.54) is 51.4 Å². The van der Waals surface area contributed by atoms with E-state index in [1.807, 2.05) is 0 Å². The molecule has 0 spiro atoms. The van der Waals surface area contributed by atoms with Crippen LogP contribution in [0.25, 0.3) is 0 Å². The Balaban J connectivity index is 3.11. The largest absolute Gasteiger partial charge is 0.388 e. The van der Waals surface area contributed by atoms with Crippen LogP contribution in [-0.2, 0) is 4.46 Å². The van der Waals surface area contributed by atoms with Crippen molar-refractivity contribution in [2.24, 2.45) is 0 Å². The molecule has 2 heteroatoms. The molecule has 0 radical (unpaired) electrons. The van der Waals surface area contributed by atoms with Gasteiger partial charge in [-0.2, -0.15) is 0 Å². The van der Waals surface area contributed by atoms with Gasteiger partial charge in [-0.3, -0.25) is 0 Å². The fraction of sp³-hybridized carbons (Fsp3) is 1.00. The molecule has 0 saturated heterocycles. The molecule has 0 aliphatic heterocycles. The van der Waals surface area contributed by atoms with Crippen molar-refractivity contribution < 1.29 is 4.46 Å². The fourth-order valence-corrected chi connectivity index (χ4v) is 3.16. The smallest absolute Gasteiger partial charge is 0.276 e. The Hall–Kier alpha value is 0.0169. The van der Waals surface area contributed by atoms with E-state index in [-0.39, 0.29) is 0 Å². The topological polar surface area (TPSA) is 17.1 Å². The molecule has 0 aliphatic carbocycles. The highest BCUT2D eigenvalue weighted by Gasteiger charge is 2.03. The summed E-state index contributed by atoms with van der Waals surface area (Å²) in [5.41, 5.74) is 0. The SMILES string of the molecule is CCCCCC[Si](=O)CCCCCC. The molecule has 0 aromatic rings. The third kappa shape index (κ3) is 10.1. The lowest BCUT2D eigenvalue weighted by molar-refractivity contribution is 0.547. The second-order valence-electron chi connectivity index (χ2n) is 4.16. The van der Waals surface area contributed by atoms with E-state index < -0.39 is 8.68 Å². The van der Waals surface area contributed by atoms with Gasteiger partial charge in [-0.25, -0.2) is 0 Å². The number of hydrogen-bond acceptors (Lipinski definition) is 1. The molecule has 0 rings (SSSR count). The normalized spacial score (nSPS) is 10.4. The van der Waals surface area contributed by atoms with Crippen molar-refractivity contribution in [2.45, 2.75) is 77.3 Å². The van der Waals surface area contributed by atoms with E-state index in [1.54, 1.807) is 0 Å². The monoisotopic (exact) mass is 214 g/mol. The molecule has 0 heterocycles. The van der Waals surface area contributed by atoms with E-state index >= 15 is 0 Å². The highest BCUT2D eigenvalue weighted by atomic mass is 28.3. The first-order chi connectivity index (χ1) is 6.81. The summed E-state index contributed by atoms with van der Waals surface area (Å²) in [4.78, 5) is 0. The Morgan fingerprint density at radius 3 is 1.50 bits per heavy atom. The first-order valence-electron chi connectivity index (χ1n) is 6.33. The molecular weight excluding hydrogens is 188 g/mol. The summed E-state index contributed by atoms with van der Waals surface area (Å²) in [5.74, 6) is 0. The van der Waals surface area contributed by atoms with Crippen LogP contribution in [0.1, 0.15) is 65.2 Å². The molecule has 84 valence electrons. The van der Waals surface area contributed by atoms with Crippen molar-refractivity contribution in [3.63, 3.8) is 0 Å². The third-order valence-electron chi connectivity index (χ3n) is 2.62. The summed E-state index contributed by atoms with van der Waals surface area (Å²) >= 11 is 0. The van der Waals surface area contributed by atoms with Crippen LogP contribution in [-0.4, -0.2) is 8.68 Å². The van der Waals surface area contributed by atoms with Crippen molar-refractivity contribution in [2.75, 3.05) is 0 Å². The molecule has 0 aromatic carbocycles.